The van der Waals surface area contributed by atoms with E-state index in [4.69, 9.17) is 4.74 Å². The number of benzene rings is 2. The molecular formula is C21H20N6O2. The van der Waals surface area contributed by atoms with E-state index in [1.807, 2.05) is 61.5 Å². The van der Waals surface area contributed by atoms with E-state index < -0.39 is 0 Å². The summed E-state index contributed by atoms with van der Waals surface area (Å²) in [5, 5.41) is 11.5. The number of carbonyl (C=O) groups is 1. The van der Waals surface area contributed by atoms with Crippen LogP contribution < -0.4 is 10.1 Å². The summed E-state index contributed by atoms with van der Waals surface area (Å²) in [5.74, 6) is 0.115. The van der Waals surface area contributed by atoms with Gasteiger partial charge in [-0.3, -0.25) is 4.79 Å². The number of ether oxygens (including phenoxy) is 1. The molecule has 0 aliphatic heterocycles. The van der Waals surface area contributed by atoms with Crippen LogP contribution in [0.1, 0.15) is 29.0 Å². The zero-order chi connectivity index (χ0) is 20.2. The van der Waals surface area contributed by atoms with E-state index >= 15 is 0 Å². The molecule has 2 heterocycles. The highest BCUT2D eigenvalue weighted by Gasteiger charge is 2.20. The molecule has 0 bridgehead atoms. The van der Waals surface area contributed by atoms with Crippen LogP contribution in [0.5, 0.6) is 5.75 Å². The number of methoxy groups -OCH3 is 1. The average molecular weight is 388 g/mol. The number of carbonyl (C=O) groups excluding carboxylic acids is 1. The Labute approximate surface area is 167 Å². The molecule has 4 rings (SSSR count). The van der Waals surface area contributed by atoms with E-state index in [0.717, 1.165) is 16.9 Å². The number of para-hydroxylation sites is 1. The molecule has 8 nitrogen and oxygen atoms in total. The van der Waals surface area contributed by atoms with E-state index in [0.29, 0.717) is 5.75 Å². The maximum atomic E-state index is 12.8. The number of nitrogens with one attached hydrogen (secondary N) is 1. The smallest absolute Gasteiger partial charge is 0.276 e. The van der Waals surface area contributed by atoms with Gasteiger partial charge in [0.2, 0.25) is 0 Å². The molecule has 4 aromatic rings. The van der Waals surface area contributed by atoms with Crippen LogP contribution >= 0.6 is 0 Å². The van der Waals surface area contributed by atoms with Crippen molar-refractivity contribution in [1.82, 2.24) is 29.9 Å². The van der Waals surface area contributed by atoms with Gasteiger partial charge in [0.05, 0.1) is 30.7 Å². The fourth-order valence-corrected chi connectivity index (χ4v) is 2.98. The minimum atomic E-state index is -0.301. The van der Waals surface area contributed by atoms with Gasteiger partial charge in [-0.25, -0.2) is 14.3 Å². The van der Waals surface area contributed by atoms with Crippen LogP contribution in [0, 0.1) is 0 Å². The molecule has 1 N–H and O–H groups in total. The third-order valence-corrected chi connectivity index (χ3v) is 4.56. The largest absolute Gasteiger partial charge is 0.493 e. The van der Waals surface area contributed by atoms with Crippen molar-refractivity contribution >= 4 is 5.91 Å². The first-order valence-electron chi connectivity index (χ1n) is 9.10. The van der Waals surface area contributed by atoms with Crippen molar-refractivity contribution in [3.8, 4) is 17.1 Å². The molecule has 0 saturated carbocycles. The Morgan fingerprint density at radius 3 is 2.41 bits per heavy atom. The lowest BCUT2D eigenvalue weighted by molar-refractivity contribution is 0.0931. The second-order valence-corrected chi connectivity index (χ2v) is 6.45. The van der Waals surface area contributed by atoms with Crippen LogP contribution in [0.4, 0.5) is 0 Å². The van der Waals surface area contributed by atoms with Gasteiger partial charge in [0.15, 0.2) is 11.4 Å². The SMILES string of the molecule is COc1cn(-c2ccccc2)nc1C(=O)N[C@@H](C)c1ccc(-n2cncn2)cc1. The molecule has 146 valence electrons. The summed E-state index contributed by atoms with van der Waals surface area (Å²) in [6.07, 6.45) is 4.82. The molecule has 2 aromatic carbocycles. The van der Waals surface area contributed by atoms with Crippen molar-refractivity contribution < 1.29 is 9.53 Å². The van der Waals surface area contributed by atoms with Crippen LogP contribution in [0.3, 0.4) is 0 Å². The summed E-state index contributed by atoms with van der Waals surface area (Å²) < 4.78 is 8.66. The molecular weight excluding hydrogens is 368 g/mol. The highest BCUT2D eigenvalue weighted by atomic mass is 16.5. The van der Waals surface area contributed by atoms with Crippen LogP contribution in [0.15, 0.2) is 73.4 Å². The quantitative estimate of drug-likeness (QED) is 0.549. The van der Waals surface area contributed by atoms with Crippen molar-refractivity contribution in [2.24, 2.45) is 0 Å². The molecule has 0 unspecified atom stereocenters. The fraction of sp³-hybridized carbons (Fsp3) is 0.143. The average Bonchev–Trinajstić information content (AvgIpc) is 3.44. The highest BCUT2D eigenvalue weighted by Crippen LogP contribution is 2.21. The van der Waals surface area contributed by atoms with Crippen LogP contribution in [-0.4, -0.2) is 37.6 Å². The predicted molar refractivity (Wildman–Crippen MR) is 107 cm³/mol. The molecule has 0 fully saturated rings. The summed E-state index contributed by atoms with van der Waals surface area (Å²) in [4.78, 5) is 16.8. The van der Waals surface area contributed by atoms with Gasteiger partial charge < -0.3 is 10.1 Å². The molecule has 8 heteroatoms. The van der Waals surface area contributed by atoms with Gasteiger partial charge in [-0.2, -0.15) is 10.2 Å². The van der Waals surface area contributed by atoms with Gasteiger partial charge in [0.25, 0.3) is 5.91 Å². The van der Waals surface area contributed by atoms with E-state index in [1.54, 1.807) is 21.9 Å². The van der Waals surface area contributed by atoms with Crippen molar-refractivity contribution in [2.45, 2.75) is 13.0 Å². The van der Waals surface area contributed by atoms with Gasteiger partial charge in [0.1, 0.15) is 12.7 Å². The van der Waals surface area contributed by atoms with E-state index in [1.165, 1.54) is 13.4 Å². The van der Waals surface area contributed by atoms with Crippen LogP contribution in [-0.2, 0) is 0 Å². The highest BCUT2D eigenvalue weighted by molar-refractivity contribution is 5.95. The Morgan fingerprint density at radius 2 is 1.76 bits per heavy atom. The summed E-state index contributed by atoms with van der Waals surface area (Å²) in [7, 11) is 1.52. The molecule has 0 aliphatic rings. The number of amides is 1. The first-order chi connectivity index (χ1) is 14.2. The van der Waals surface area contributed by atoms with Crippen molar-refractivity contribution in [3.05, 3.63) is 84.7 Å². The summed E-state index contributed by atoms with van der Waals surface area (Å²) >= 11 is 0. The molecule has 2 aromatic heterocycles. The van der Waals surface area contributed by atoms with Crippen molar-refractivity contribution in [2.75, 3.05) is 7.11 Å². The topological polar surface area (TPSA) is 86.9 Å². The van der Waals surface area contributed by atoms with E-state index in [2.05, 4.69) is 20.5 Å². The molecule has 1 amide bonds. The molecule has 0 spiro atoms. The monoisotopic (exact) mass is 388 g/mol. The minimum absolute atomic E-state index is 0.209. The third kappa shape index (κ3) is 3.86. The Balaban J connectivity index is 1.51. The van der Waals surface area contributed by atoms with E-state index in [-0.39, 0.29) is 17.6 Å². The maximum absolute atomic E-state index is 12.8. The number of hydrogen-bond acceptors (Lipinski definition) is 5. The van der Waals surface area contributed by atoms with Gasteiger partial charge in [0, 0.05) is 0 Å². The lowest BCUT2D eigenvalue weighted by Crippen LogP contribution is -2.27. The third-order valence-electron chi connectivity index (χ3n) is 4.56. The van der Waals surface area contributed by atoms with Gasteiger partial charge in [-0.1, -0.05) is 30.3 Å². The van der Waals surface area contributed by atoms with Crippen LogP contribution in [0.25, 0.3) is 11.4 Å². The number of nitrogens with zero attached hydrogens (tertiary/aromatic N) is 5. The summed E-state index contributed by atoms with van der Waals surface area (Å²) in [6, 6.07) is 17.1. The van der Waals surface area contributed by atoms with Crippen molar-refractivity contribution in [1.29, 1.82) is 0 Å². The standard InChI is InChI=1S/C21H20N6O2/c1-15(16-8-10-18(11-9-16)27-14-22-13-23-27)24-21(28)20-19(29-2)12-26(25-20)17-6-4-3-5-7-17/h3-15H,1-2H3,(H,24,28)/t15-/m0/s1. The zero-order valence-electron chi connectivity index (χ0n) is 16.1. The second kappa shape index (κ2) is 7.97. The Bertz CT molecular complexity index is 1090. The molecule has 29 heavy (non-hydrogen) atoms. The van der Waals surface area contributed by atoms with Crippen molar-refractivity contribution in [3.63, 3.8) is 0 Å². The van der Waals surface area contributed by atoms with Crippen LogP contribution in [0.2, 0.25) is 0 Å². The Hall–Kier alpha value is -3.94. The summed E-state index contributed by atoms with van der Waals surface area (Å²) in [5.41, 5.74) is 2.95. The maximum Gasteiger partial charge on any atom is 0.276 e. The predicted octanol–water partition coefficient (Wildman–Crippen LogP) is 2.95. The number of rotatable bonds is 6. The molecule has 0 radical (unpaired) electrons. The molecule has 0 saturated heterocycles. The molecule has 0 aliphatic carbocycles. The lowest BCUT2D eigenvalue weighted by Gasteiger charge is -2.14. The Morgan fingerprint density at radius 1 is 1.03 bits per heavy atom. The molecule has 1 atom stereocenters. The Kier molecular flexibility index (Phi) is 5.07. The minimum Gasteiger partial charge on any atom is -0.493 e. The normalized spacial score (nSPS) is 11.8. The summed E-state index contributed by atoms with van der Waals surface area (Å²) in [6.45, 7) is 1.92. The number of aromatic nitrogens is 5. The van der Waals surface area contributed by atoms with Gasteiger partial charge >= 0.3 is 0 Å². The van der Waals surface area contributed by atoms with E-state index in [9.17, 15) is 4.79 Å². The zero-order valence-corrected chi connectivity index (χ0v) is 16.1. The van der Waals surface area contributed by atoms with Gasteiger partial charge in [-0.15, -0.1) is 0 Å². The fourth-order valence-electron chi connectivity index (χ4n) is 2.98. The van der Waals surface area contributed by atoms with Gasteiger partial charge in [-0.05, 0) is 36.8 Å². The number of hydrogen-bond donors (Lipinski definition) is 1. The lowest BCUT2D eigenvalue weighted by atomic mass is 10.1. The second-order valence-electron chi connectivity index (χ2n) is 6.45. The first kappa shape index (κ1) is 18.4. The first-order valence-corrected chi connectivity index (χ1v) is 9.10.